The molecule has 3 aromatic carbocycles. The van der Waals surface area contributed by atoms with Gasteiger partial charge in [-0.2, -0.15) is 0 Å². The molecule has 38 heavy (non-hydrogen) atoms. The molecule has 184 valence electrons. The number of fused-ring (bicyclic) bond motifs is 1. The Kier molecular flexibility index (Phi) is 6.08. The molecule has 3 aromatic heterocycles. The van der Waals surface area contributed by atoms with Crippen LogP contribution in [-0.4, -0.2) is 25.4 Å². The number of hydrogen-bond acceptors (Lipinski definition) is 5. The summed E-state index contributed by atoms with van der Waals surface area (Å²) in [4.78, 5) is 26.3. The van der Waals surface area contributed by atoms with Crippen molar-refractivity contribution >= 4 is 22.9 Å². The van der Waals surface area contributed by atoms with Crippen LogP contribution in [0.15, 0.2) is 116 Å². The Bertz CT molecular complexity index is 1730. The molecule has 3 heterocycles. The van der Waals surface area contributed by atoms with Gasteiger partial charge in [0.1, 0.15) is 11.3 Å². The van der Waals surface area contributed by atoms with Crippen LogP contribution in [0.2, 0.25) is 0 Å². The molecule has 0 saturated carbocycles. The lowest BCUT2D eigenvalue weighted by Gasteiger charge is -2.11. The highest BCUT2D eigenvalue weighted by atomic mass is 16.1. The number of nitrogens with zero attached hydrogens (tertiary/aromatic N) is 4. The number of carbonyl (C=O) groups excluding carboxylic acids is 1. The maximum absolute atomic E-state index is 12.7. The van der Waals surface area contributed by atoms with Crippen molar-refractivity contribution in [1.82, 2.24) is 24.8 Å². The third-order valence-corrected chi connectivity index (χ3v) is 6.40. The number of hydrogen-bond donors (Lipinski definition) is 2. The van der Waals surface area contributed by atoms with Crippen molar-refractivity contribution in [2.75, 3.05) is 5.73 Å². The standard InChI is InChI=1S/C31H24N6O/c32-28-26(8-4-18-33-28)29-36-27-9-5-19-34-30(27)37(29)25-16-10-21(11-17-25)20-35-31(38)24-14-12-23(13-15-24)22-6-2-1-3-7-22/h1-19H,20H2,(H2,32,33)(H,35,38). The summed E-state index contributed by atoms with van der Waals surface area (Å²) in [6, 6.07) is 33.2. The molecule has 0 radical (unpaired) electrons. The quantitative estimate of drug-likeness (QED) is 0.310. The lowest BCUT2D eigenvalue weighted by atomic mass is 10.0. The lowest BCUT2D eigenvalue weighted by molar-refractivity contribution is 0.0951. The fraction of sp³-hybridized carbons (Fsp3) is 0.0323. The third kappa shape index (κ3) is 4.49. The average molecular weight is 497 g/mol. The first-order valence-electron chi connectivity index (χ1n) is 12.2. The van der Waals surface area contributed by atoms with Crippen molar-refractivity contribution < 1.29 is 4.79 Å². The predicted octanol–water partition coefficient (Wildman–Crippen LogP) is 5.66. The molecule has 1 amide bonds. The smallest absolute Gasteiger partial charge is 0.251 e. The average Bonchev–Trinajstić information content (AvgIpc) is 3.36. The second-order valence-electron chi connectivity index (χ2n) is 8.85. The molecule has 0 aliphatic rings. The van der Waals surface area contributed by atoms with Crippen molar-refractivity contribution in [2.24, 2.45) is 0 Å². The third-order valence-electron chi connectivity index (χ3n) is 6.40. The van der Waals surface area contributed by atoms with Gasteiger partial charge >= 0.3 is 0 Å². The van der Waals surface area contributed by atoms with Gasteiger partial charge in [-0.3, -0.25) is 9.36 Å². The number of benzene rings is 3. The van der Waals surface area contributed by atoms with Gasteiger partial charge < -0.3 is 11.1 Å². The molecule has 3 N–H and O–H groups in total. The fourth-order valence-corrected chi connectivity index (χ4v) is 4.44. The van der Waals surface area contributed by atoms with Crippen molar-refractivity contribution in [1.29, 1.82) is 0 Å². The molecule has 0 aliphatic heterocycles. The molecule has 0 aliphatic carbocycles. The van der Waals surface area contributed by atoms with Crippen LogP contribution in [0.1, 0.15) is 15.9 Å². The maximum atomic E-state index is 12.7. The van der Waals surface area contributed by atoms with Gasteiger partial charge in [0.2, 0.25) is 0 Å². The minimum absolute atomic E-state index is 0.118. The molecule has 0 atom stereocenters. The molecule has 6 rings (SSSR count). The van der Waals surface area contributed by atoms with Crippen molar-refractivity contribution in [2.45, 2.75) is 6.54 Å². The van der Waals surface area contributed by atoms with E-state index in [1.54, 1.807) is 12.4 Å². The predicted molar refractivity (Wildman–Crippen MR) is 150 cm³/mol. The van der Waals surface area contributed by atoms with Crippen LogP contribution in [0.4, 0.5) is 5.82 Å². The van der Waals surface area contributed by atoms with Crippen molar-refractivity contribution in [3.8, 4) is 28.2 Å². The van der Waals surface area contributed by atoms with Crippen molar-refractivity contribution in [3.63, 3.8) is 0 Å². The number of pyridine rings is 2. The zero-order valence-corrected chi connectivity index (χ0v) is 20.5. The van der Waals surface area contributed by atoms with Gasteiger partial charge in [0.15, 0.2) is 11.5 Å². The Morgan fingerprint density at radius 1 is 0.763 bits per heavy atom. The zero-order chi connectivity index (χ0) is 25.9. The molecule has 0 spiro atoms. The SMILES string of the molecule is Nc1ncccc1-c1nc2cccnc2n1-c1ccc(CNC(=O)c2ccc(-c3ccccc3)cc2)cc1. The summed E-state index contributed by atoms with van der Waals surface area (Å²) in [7, 11) is 0. The van der Waals surface area contributed by atoms with Crippen LogP contribution < -0.4 is 11.1 Å². The maximum Gasteiger partial charge on any atom is 0.251 e. The second kappa shape index (κ2) is 9.99. The first-order chi connectivity index (χ1) is 18.7. The Labute approximate surface area is 219 Å². The molecular formula is C31H24N6O. The summed E-state index contributed by atoms with van der Waals surface area (Å²) >= 11 is 0. The molecule has 7 nitrogen and oxygen atoms in total. The van der Waals surface area contributed by atoms with Gasteiger partial charge in [0.25, 0.3) is 5.91 Å². The largest absolute Gasteiger partial charge is 0.383 e. The molecule has 0 bridgehead atoms. The van der Waals surface area contributed by atoms with E-state index in [9.17, 15) is 4.79 Å². The number of nitrogens with one attached hydrogen (secondary N) is 1. The number of nitrogen functional groups attached to an aromatic ring is 1. The normalized spacial score (nSPS) is 10.9. The molecule has 0 unspecified atom stereocenters. The summed E-state index contributed by atoms with van der Waals surface area (Å²) in [5.74, 6) is 0.956. The first-order valence-corrected chi connectivity index (χ1v) is 12.2. The Morgan fingerprint density at radius 2 is 1.47 bits per heavy atom. The van der Waals surface area contributed by atoms with Gasteiger partial charge in [0.05, 0.1) is 5.56 Å². The summed E-state index contributed by atoms with van der Waals surface area (Å²) in [5, 5.41) is 3.01. The molecular weight excluding hydrogens is 472 g/mol. The summed E-state index contributed by atoms with van der Waals surface area (Å²) in [6.45, 7) is 0.408. The Morgan fingerprint density at radius 3 is 2.24 bits per heavy atom. The fourth-order valence-electron chi connectivity index (χ4n) is 4.44. The van der Waals surface area contributed by atoms with Crippen LogP contribution in [0, 0.1) is 0 Å². The van der Waals surface area contributed by atoms with Crippen LogP contribution in [-0.2, 0) is 6.54 Å². The number of imidazole rings is 1. The minimum Gasteiger partial charge on any atom is -0.383 e. The van der Waals surface area contributed by atoms with Crippen molar-refractivity contribution in [3.05, 3.63) is 127 Å². The van der Waals surface area contributed by atoms with E-state index in [1.165, 1.54) is 0 Å². The Balaban J connectivity index is 1.21. The number of nitrogens with two attached hydrogens (primary N) is 1. The van der Waals surface area contributed by atoms with Crippen LogP contribution in [0.3, 0.4) is 0 Å². The highest BCUT2D eigenvalue weighted by Gasteiger charge is 2.17. The molecule has 0 fully saturated rings. The topological polar surface area (TPSA) is 98.7 Å². The number of rotatable bonds is 6. The summed E-state index contributed by atoms with van der Waals surface area (Å²) in [5.41, 5.74) is 13.1. The van der Waals surface area contributed by atoms with E-state index in [-0.39, 0.29) is 5.91 Å². The van der Waals surface area contributed by atoms with E-state index in [1.807, 2.05) is 95.6 Å². The number of carbonyl (C=O) groups is 1. The minimum atomic E-state index is -0.118. The Hall–Kier alpha value is -5.30. The molecule has 0 saturated heterocycles. The molecule has 7 heteroatoms. The van der Waals surface area contributed by atoms with E-state index in [0.717, 1.165) is 39.1 Å². The van der Waals surface area contributed by atoms with Gasteiger partial charge in [0, 0.05) is 30.2 Å². The van der Waals surface area contributed by atoms with E-state index < -0.39 is 0 Å². The summed E-state index contributed by atoms with van der Waals surface area (Å²) < 4.78 is 1.97. The van der Waals surface area contributed by atoms with Crippen LogP contribution >= 0.6 is 0 Å². The highest BCUT2D eigenvalue weighted by molar-refractivity contribution is 5.94. The van der Waals surface area contributed by atoms with E-state index in [4.69, 9.17) is 10.7 Å². The van der Waals surface area contributed by atoms with E-state index >= 15 is 0 Å². The van der Waals surface area contributed by atoms with Gasteiger partial charge in [-0.05, 0) is 65.2 Å². The number of anilines is 1. The van der Waals surface area contributed by atoms with Gasteiger partial charge in [-0.25, -0.2) is 15.0 Å². The van der Waals surface area contributed by atoms with Gasteiger partial charge in [-0.1, -0.05) is 54.6 Å². The summed E-state index contributed by atoms with van der Waals surface area (Å²) in [6.07, 6.45) is 3.40. The molecule has 6 aromatic rings. The van der Waals surface area contributed by atoms with E-state index in [2.05, 4.69) is 27.4 Å². The first kappa shape index (κ1) is 23.1. The van der Waals surface area contributed by atoms with E-state index in [0.29, 0.717) is 23.8 Å². The second-order valence-corrected chi connectivity index (χ2v) is 8.85. The number of aromatic nitrogens is 4. The highest BCUT2D eigenvalue weighted by Crippen LogP contribution is 2.30. The van der Waals surface area contributed by atoms with Gasteiger partial charge in [-0.15, -0.1) is 0 Å². The lowest BCUT2D eigenvalue weighted by Crippen LogP contribution is -2.22. The zero-order valence-electron chi connectivity index (χ0n) is 20.5. The van der Waals surface area contributed by atoms with Crippen LogP contribution in [0.5, 0.6) is 0 Å². The van der Waals surface area contributed by atoms with Crippen LogP contribution in [0.25, 0.3) is 39.4 Å². The monoisotopic (exact) mass is 496 g/mol. The number of amides is 1.